The molecule has 0 unspecified atom stereocenters. The van der Waals surface area contributed by atoms with E-state index in [0.717, 1.165) is 32.4 Å². The second-order valence-corrected chi connectivity index (χ2v) is 4.99. The molecular weight excluding hydrogens is 174 g/mol. The SMILES string of the molecule is C=CCCC(C)(C)CN1CCC(=O)C1. The van der Waals surface area contributed by atoms with Crippen LogP contribution in [-0.4, -0.2) is 30.3 Å². The minimum absolute atomic E-state index is 0.304. The molecule has 0 aromatic rings. The molecule has 1 saturated heterocycles. The Balaban J connectivity index is 2.34. The van der Waals surface area contributed by atoms with Crippen LogP contribution in [0.4, 0.5) is 0 Å². The molecule has 0 spiro atoms. The van der Waals surface area contributed by atoms with Crippen molar-refractivity contribution in [3.63, 3.8) is 0 Å². The van der Waals surface area contributed by atoms with E-state index in [9.17, 15) is 4.79 Å². The molecule has 14 heavy (non-hydrogen) atoms. The third kappa shape index (κ3) is 3.62. The highest BCUT2D eigenvalue weighted by Crippen LogP contribution is 2.25. The largest absolute Gasteiger partial charge is 0.298 e. The van der Waals surface area contributed by atoms with Crippen LogP contribution in [0.3, 0.4) is 0 Å². The van der Waals surface area contributed by atoms with E-state index in [2.05, 4.69) is 25.3 Å². The molecule has 0 aromatic heterocycles. The van der Waals surface area contributed by atoms with E-state index < -0.39 is 0 Å². The van der Waals surface area contributed by atoms with Crippen molar-refractivity contribution in [3.05, 3.63) is 12.7 Å². The van der Waals surface area contributed by atoms with Gasteiger partial charge in [0.2, 0.25) is 0 Å². The fourth-order valence-corrected chi connectivity index (χ4v) is 2.00. The Morgan fingerprint density at radius 1 is 1.57 bits per heavy atom. The summed E-state index contributed by atoms with van der Waals surface area (Å²) in [6, 6.07) is 0. The monoisotopic (exact) mass is 195 g/mol. The number of likely N-dealkylation sites (tertiary alicyclic amines) is 1. The third-order valence-corrected chi connectivity index (χ3v) is 2.78. The number of hydrogen-bond acceptors (Lipinski definition) is 2. The van der Waals surface area contributed by atoms with Crippen molar-refractivity contribution < 1.29 is 4.79 Å². The normalized spacial score (nSPS) is 18.9. The molecule has 0 bridgehead atoms. The number of rotatable bonds is 5. The van der Waals surface area contributed by atoms with Crippen molar-refractivity contribution in [3.8, 4) is 0 Å². The number of carbonyl (C=O) groups is 1. The van der Waals surface area contributed by atoms with E-state index in [4.69, 9.17) is 0 Å². The predicted octanol–water partition coefficient (Wildman–Crippen LogP) is 2.25. The highest BCUT2D eigenvalue weighted by atomic mass is 16.1. The van der Waals surface area contributed by atoms with Gasteiger partial charge in [0.1, 0.15) is 5.78 Å². The van der Waals surface area contributed by atoms with E-state index in [0.29, 0.717) is 17.7 Å². The van der Waals surface area contributed by atoms with Crippen molar-refractivity contribution in [2.75, 3.05) is 19.6 Å². The van der Waals surface area contributed by atoms with Crippen molar-refractivity contribution in [1.29, 1.82) is 0 Å². The van der Waals surface area contributed by atoms with Crippen LogP contribution in [0.15, 0.2) is 12.7 Å². The number of carbonyl (C=O) groups excluding carboxylic acids is 1. The minimum atomic E-state index is 0.304. The number of hydrogen-bond donors (Lipinski definition) is 0. The summed E-state index contributed by atoms with van der Waals surface area (Å²) in [6.07, 6.45) is 4.93. The van der Waals surface area contributed by atoms with E-state index >= 15 is 0 Å². The van der Waals surface area contributed by atoms with Gasteiger partial charge in [-0.3, -0.25) is 9.69 Å². The number of nitrogens with zero attached hydrogens (tertiary/aromatic N) is 1. The maximum atomic E-state index is 11.1. The molecule has 1 fully saturated rings. The Kier molecular flexibility index (Phi) is 3.87. The molecular formula is C12H21NO. The molecule has 0 aliphatic carbocycles. The summed E-state index contributed by atoms with van der Waals surface area (Å²) in [7, 11) is 0. The van der Waals surface area contributed by atoms with Gasteiger partial charge in [-0.25, -0.2) is 0 Å². The summed E-state index contributed by atoms with van der Waals surface area (Å²) >= 11 is 0. The highest BCUT2D eigenvalue weighted by Gasteiger charge is 2.26. The molecule has 0 amide bonds. The van der Waals surface area contributed by atoms with Crippen LogP contribution in [0.1, 0.15) is 33.1 Å². The first-order chi connectivity index (χ1) is 6.53. The molecule has 0 atom stereocenters. The van der Waals surface area contributed by atoms with Crippen LogP contribution < -0.4 is 0 Å². The van der Waals surface area contributed by atoms with Crippen molar-refractivity contribution >= 4 is 5.78 Å². The summed E-state index contributed by atoms with van der Waals surface area (Å²) < 4.78 is 0. The summed E-state index contributed by atoms with van der Waals surface area (Å²) in [5.74, 6) is 0.393. The van der Waals surface area contributed by atoms with Gasteiger partial charge in [0.05, 0.1) is 6.54 Å². The van der Waals surface area contributed by atoms with Crippen LogP contribution in [0.25, 0.3) is 0 Å². The van der Waals surface area contributed by atoms with Crippen LogP contribution in [0.5, 0.6) is 0 Å². The second kappa shape index (κ2) is 4.74. The first-order valence-electron chi connectivity index (χ1n) is 5.38. The summed E-state index contributed by atoms with van der Waals surface area (Å²) in [6.45, 7) is 10.9. The Labute approximate surface area is 87.0 Å². The Morgan fingerprint density at radius 3 is 2.79 bits per heavy atom. The molecule has 1 rings (SSSR count). The maximum absolute atomic E-state index is 11.1. The van der Waals surface area contributed by atoms with E-state index in [1.807, 2.05) is 6.08 Å². The molecule has 0 N–H and O–H groups in total. The predicted molar refractivity (Wildman–Crippen MR) is 59.3 cm³/mol. The Hall–Kier alpha value is -0.630. The standard InChI is InChI=1S/C12H21NO/c1-4-5-7-12(2,3)10-13-8-6-11(14)9-13/h4H,1,5-10H2,2-3H3. The molecule has 0 radical (unpaired) electrons. The van der Waals surface area contributed by atoms with Gasteiger partial charge in [-0.05, 0) is 18.3 Å². The minimum Gasteiger partial charge on any atom is -0.298 e. The van der Waals surface area contributed by atoms with Crippen molar-refractivity contribution in [2.24, 2.45) is 5.41 Å². The number of Topliss-reactive ketones (excluding diaryl/α,β-unsaturated/α-hetero) is 1. The maximum Gasteiger partial charge on any atom is 0.148 e. The molecule has 0 saturated carbocycles. The zero-order chi connectivity index (χ0) is 10.6. The van der Waals surface area contributed by atoms with Gasteiger partial charge < -0.3 is 0 Å². The number of allylic oxidation sites excluding steroid dienone is 1. The lowest BCUT2D eigenvalue weighted by Crippen LogP contribution is -2.32. The zero-order valence-electron chi connectivity index (χ0n) is 9.38. The molecule has 80 valence electrons. The first-order valence-corrected chi connectivity index (χ1v) is 5.38. The first kappa shape index (κ1) is 11.4. The second-order valence-electron chi connectivity index (χ2n) is 4.99. The van der Waals surface area contributed by atoms with Crippen LogP contribution in [0.2, 0.25) is 0 Å². The Bertz CT molecular complexity index is 220. The third-order valence-electron chi connectivity index (χ3n) is 2.78. The summed E-state index contributed by atoms with van der Waals surface area (Å²) in [5, 5.41) is 0. The molecule has 2 heteroatoms. The molecule has 0 aromatic carbocycles. The smallest absolute Gasteiger partial charge is 0.148 e. The van der Waals surface area contributed by atoms with E-state index in [1.54, 1.807) is 0 Å². The van der Waals surface area contributed by atoms with Crippen molar-refractivity contribution in [2.45, 2.75) is 33.1 Å². The lowest BCUT2D eigenvalue weighted by Gasteiger charge is -2.29. The fourth-order valence-electron chi connectivity index (χ4n) is 2.00. The van der Waals surface area contributed by atoms with Gasteiger partial charge in [-0.1, -0.05) is 19.9 Å². The van der Waals surface area contributed by atoms with Crippen LogP contribution >= 0.6 is 0 Å². The van der Waals surface area contributed by atoms with Gasteiger partial charge in [0, 0.05) is 19.5 Å². The lowest BCUT2D eigenvalue weighted by atomic mass is 9.87. The van der Waals surface area contributed by atoms with Gasteiger partial charge in [0.15, 0.2) is 0 Å². The van der Waals surface area contributed by atoms with Crippen LogP contribution in [-0.2, 0) is 4.79 Å². The topological polar surface area (TPSA) is 20.3 Å². The zero-order valence-corrected chi connectivity index (χ0v) is 9.38. The van der Waals surface area contributed by atoms with Gasteiger partial charge in [-0.15, -0.1) is 6.58 Å². The number of ketones is 1. The average molecular weight is 195 g/mol. The molecule has 1 heterocycles. The molecule has 2 nitrogen and oxygen atoms in total. The highest BCUT2D eigenvalue weighted by molar-refractivity contribution is 5.82. The van der Waals surface area contributed by atoms with Gasteiger partial charge in [-0.2, -0.15) is 0 Å². The van der Waals surface area contributed by atoms with Gasteiger partial charge >= 0.3 is 0 Å². The molecule has 1 aliphatic heterocycles. The summed E-state index contributed by atoms with van der Waals surface area (Å²) in [5.41, 5.74) is 0.304. The molecule has 1 aliphatic rings. The average Bonchev–Trinajstić information content (AvgIpc) is 2.47. The van der Waals surface area contributed by atoms with E-state index in [1.165, 1.54) is 0 Å². The quantitative estimate of drug-likeness (QED) is 0.627. The fraction of sp³-hybridized carbons (Fsp3) is 0.750. The Morgan fingerprint density at radius 2 is 2.29 bits per heavy atom. The lowest BCUT2D eigenvalue weighted by molar-refractivity contribution is -0.117. The van der Waals surface area contributed by atoms with E-state index in [-0.39, 0.29) is 0 Å². The van der Waals surface area contributed by atoms with Crippen molar-refractivity contribution in [1.82, 2.24) is 4.90 Å². The summed E-state index contributed by atoms with van der Waals surface area (Å²) in [4.78, 5) is 13.4. The van der Waals surface area contributed by atoms with Crippen LogP contribution in [0, 0.1) is 5.41 Å². The van der Waals surface area contributed by atoms with Gasteiger partial charge in [0.25, 0.3) is 0 Å².